The number of carbonyl (C=O) groups excluding carboxylic acids is 2. The molecule has 1 aliphatic carbocycles. The van der Waals surface area contributed by atoms with E-state index in [0.29, 0.717) is 30.5 Å². The van der Waals surface area contributed by atoms with E-state index >= 15 is 0 Å². The van der Waals surface area contributed by atoms with Crippen LogP contribution in [0.1, 0.15) is 37.0 Å². The highest BCUT2D eigenvalue weighted by Crippen LogP contribution is 2.41. The number of aromatic nitrogens is 1. The SMILES string of the molecule is C.O=C1CCc2cc(/C=C/C(=O)N3CC4C=C(c5ccsc5)CC4C3)cnc2N1. The number of hydrogen-bond donors (Lipinski definition) is 1. The Labute approximate surface area is 175 Å². The normalized spacial score (nSPS) is 22.7. The number of fused-ring (bicyclic) bond motifs is 2. The number of amides is 2. The second kappa shape index (κ2) is 7.95. The molecule has 150 valence electrons. The highest BCUT2D eigenvalue weighted by atomic mass is 32.1. The number of pyridine rings is 1. The zero-order valence-corrected chi connectivity index (χ0v) is 16.2. The summed E-state index contributed by atoms with van der Waals surface area (Å²) in [4.78, 5) is 30.3. The molecule has 1 fully saturated rings. The van der Waals surface area contributed by atoms with Crippen LogP contribution in [0.5, 0.6) is 0 Å². The molecule has 3 aliphatic rings. The van der Waals surface area contributed by atoms with Crippen molar-refractivity contribution in [2.24, 2.45) is 11.8 Å². The van der Waals surface area contributed by atoms with Gasteiger partial charge in [0.05, 0.1) is 0 Å². The summed E-state index contributed by atoms with van der Waals surface area (Å²) in [6, 6.07) is 4.18. The fourth-order valence-corrected chi connectivity index (χ4v) is 5.07. The van der Waals surface area contributed by atoms with Crippen LogP contribution in [0.2, 0.25) is 0 Å². The summed E-state index contributed by atoms with van der Waals surface area (Å²) in [5.41, 5.74) is 4.69. The monoisotopic (exact) mass is 407 g/mol. The van der Waals surface area contributed by atoms with Gasteiger partial charge in [-0.3, -0.25) is 9.59 Å². The lowest BCUT2D eigenvalue weighted by Crippen LogP contribution is -2.27. The maximum Gasteiger partial charge on any atom is 0.246 e. The van der Waals surface area contributed by atoms with Gasteiger partial charge in [0, 0.05) is 31.8 Å². The Morgan fingerprint density at radius 3 is 3.00 bits per heavy atom. The number of likely N-dealkylation sites (tertiary alicyclic amines) is 1. The molecule has 5 rings (SSSR count). The largest absolute Gasteiger partial charge is 0.338 e. The van der Waals surface area contributed by atoms with Gasteiger partial charge in [0.15, 0.2) is 0 Å². The van der Waals surface area contributed by atoms with E-state index in [1.807, 2.05) is 17.0 Å². The number of hydrogen-bond acceptors (Lipinski definition) is 4. The Hall–Kier alpha value is -2.73. The average Bonchev–Trinajstić information content (AvgIpc) is 3.41. The quantitative estimate of drug-likeness (QED) is 0.774. The molecule has 1 N–H and O–H groups in total. The van der Waals surface area contributed by atoms with Crippen LogP contribution < -0.4 is 5.32 Å². The number of nitrogens with one attached hydrogen (secondary N) is 1. The van der Waals surface area contributed by atoms with Crippen LogP contribution in [0.25, 0.3) is 11.6 Å². The van der Waals surface area contributed by atoms with Crippen molar-refractivity contribution >= 4 is 40.6 Å². The number of nitrogens with zero attached hydrogens (tertiary/aromatic N) is 2. The smallest absolute Gasteiger partial charge is 0.246 e. The number of aryl methyl sites for hydroxylation is 1. The molecule has 2 aromatic heterocycles. The first kappa shape index (κ1) is 19.6. The molecule has 2 aliphatic heterocycles. The Morgan fingerprint density at radius 2 is 2.21 bits per heavy atom. The van der Waals surface area contributed by atoms with E-state index in [1.165, 1.54) is 11.1 Å². The molecule has 1 saturated heterocycles. The molecule has 0 bridgehead atoms. The summed E-state index contributed by atoms with van der Waals surface area (Å²) in [6.45, 7) is 1.63. The van der Waals surface area contributed by atoms with Gasteiger partial charge in [-0.05, 0) is 75.9 Å². The van der Waals surface area contributed by atoms with Gasteiger partial charge in [0.2, 0.25) is 11.8 Å². The zero-order chi connectivity index (χ0) is 19.1. The maximum atomic E-state index is 12.6. The predicted octanol–water partition coefficient (Wildman–Crippen LogP) is 4.24. The van der Waals surface area contributed by atoms with Crippen molar-refractivity contribution in [3.8, 4) is 0 Å². The minimum Gasteiger partial charge on any atom is -0.338 e. The summed E-state index contributed by atoms with van der Waals surface area (Å²) in [5, 5.41) is 7.10. The molecule has 0 spiro atoms. The van der Waals surface area contributed by atoms with Crippen LogP contribution >= 0.6 is 11.3 Å². The third kappa shape index (κ3) is 3.90. The Morgan fingerprint density at radius 1 is 1.31 bits per heavy atom. The molecule has 2 amide bonds. The number of allylic oxidation sites excluding steroid dienone is 1. The van der Waals surface area contributed by atoms with Gasteiger partial charge in [0.1, 0.15) is 5.82 Å². The predicted molar refractivity (Wildman–Crippen MR) is 117 cm³/mol. The molecule has 2 aromatic rings. The number of thiophene rings is 1. The first-order valence-electron chi connectivity index (χ1n) is 9.65. The molecule has 2 atom stereocenters. The van der Waals surface area contributed by atoms with Gasteiger partial charge in [-0.2, -0.15) is 11.3 Å². The van der Waals surface area contributed by atoms with Crippen LogP contribution in [-0.2, 0) is 16.0 Å². The van der Waals surface area contributed by atoms with Crippen LogP contribution in [0, 0.1) is 11.8 Å². The minimum atomic E-state index is 0. The molecule has 5 nitrogen and oxygen atoms in total. The third-order valence-corrected chi connectivity index (χ3v) is 6.56. The first-order valence-corrected chi connectivity index (χ1v) is 10.6. The van der Waals surface area contributed by atoms with E-state index in [9.17, 15) is 9.59 Å². The first-order chi connectivity index (χ1) is 13.7. The second-order valence-electron chi connectivity index (χ2n) is 7.73. The molecular formula is C23H25N3O2S. The summed E-state index contributed by atoms with van der Waals surface area (Å²) < 4.78 is 0. The highest BCUT2D eigenvalue weighted by Gasteiger charge is 2.37. The summed E-state index contributed by atoms with van der Waals surface area (Å²) >= 11 is 1.73. The molecule has 29 heavy (non-hydrogen) atoms. The molecule has 0 aromatic carbocycles. The maximum absolute atomic E-state index is 12.6. The third-order valence-electron chi connectivity index (χ3n) is 5.88. The Bertz CT molecular complexity index is 994. The van der Waals surface area contributed by atoms with E-state index in [2.05, 4.69) is 33.2 Å². The fraction of sp³-hybridized carbons (Fsp3) is 0.348. The van der Waals surface area contributed by atoms with Gasteiger partial charge < -0.3 is 10.2 Å². The van der Waals surface area contributed by atoms with Crippen LogP contribution in [0.3, 0.4) is 0 Å². The lowest BCUT2D eigenvalue weighted by Gasteiger charge is -2.16. The highest BCUT2D eigenvalue weighted by molar-refractivity contribution is 7.08. The van der Waals surface area contributed by atoms with Crippen molar-refractivity contribution < 1.29 is 9.59 Å². The van der Waals surface area contributed by atoms with E-state index in [4.69, 9.17) is 0 Å². The number of carbonyl (C=O) groups is 2. The van der Waals surface area contributed by atoms with Gasteiger partial charge in [0.25, 0.3) is 0 Å². The lowest BCUT2D eigenvalue weighted by atomic mass is 9.99. The molecule has 6 heteroatoms. The van der Waals surface area contributed by atoms with Gasteiger partial charge in [-0.25, -0.2) is 4.98 Å². The van der Waals surface area contributed by atoms with Gasteiger partial charge in [-0.1, -0.05) is 13.5 Å². The molecular weight excluding hydrogens is 382 g/mol. The summed E-state index contributed by atoms with van der Waals surface area (Å²) in [7, 11) is 0. The average molecular weight is 408 g/mol. The zero-order valence-electron chi connectivity index (χ0n) is 15.4. The van der Waals surface area contributed by atoms with Gasteiger partial charge >= 0.3 is 0 Å². The van der Waals surface area contributed by atoms with E-state index in [-0.39, 0.29) is 19.2 Å². The Balaban J connectivity index is 0.00000205. The Kier molecular flexibility index (Phi) is 5.37. The van der Waals surface area contributed by atoms with E-state index in [1.54, 1.807) is 23.6 Å². The standard InChI is InChI=1S/C22H21N3O2S.CH4/c26-20-3-2-15-7-14(10-23-22(15)24-20)1-4-21(27)25-11-18-8-17(9-19(18)12-25)16-5-6-28-13-16;/h1,4-8,10,13,18-19H,2-3,9,11-12H2,(H,23,24,26);1H4/b4-1+;. The van der Waals surface area contributed by atoms with Crippen molar-refractivity contribution in [1.29, 1.82) is 0 Å². The van der Waals surface area contributed by atoms with Crippen molar-refractivity contribution in [1.82, 2.24) is 9.88 Å². The molecule has 0 saturated carbocycles. The van der Waals surface area contributed by atoms with Crippen molar-refractivity contribution in [2.75, 3.05) is 18.4 Å². The van der Waals surface area contributed by atoms with Crippen LogP contribution in [0.15, 0.2) is 41.2 Å². The van der Waals surface area contributed by atoms with Crippen molar-refractivity contribution in [3.05, 3.63) is 57.9 Å². The molecule has 0 radical (unpaired) electrons. The topological polar surface area (TPSA) is 62.3 Å². The number of rotatable bonds is 3. The van der Waals surface area contributed by atoms with Crippen LogP contribution in [0.4, 0.5) is 5.82 Å². The van der Waals surface area contributed by atoms with E-state index in [0.717, 1.165) is 30.6 Å². The fourth-order valence-electron chi connectivity index (χ4n) is 4.39. The summed E-state index contributed by atoms with van der Waals surface area (Å²) in [6.07, 6.45) is 9.78. The van der Waals surface area contributed by atoms with E-state index < -0.39 is 0 Å². The van der Waals surface area contributed by atoms with Gasteiger partial charge in [-0.15, -0.1) is 0 Å². The van der Waals surface area contributed by atoms with Crippen molar-refractivity contribution in [2.45, 2.75) is 26.7 Å². The minimum absolute atomic E-state index is 0. The molecule has 4 heterocycles. The lowest BCUT2D eigenvalue weighted by molar-refractivity contribution is -0.125. The second-order valence-corrected chi connectivity index (χ2v) is 8.51. The number of anilines is 1. The van der Waals surface area contributed by atoms with Crippen LogP contribution in [-0.4, -0.2) is 34.8 Å². The van der Waals surface area contributed by atoms with Crippen molar-refractivity contribution in [3.63, 3.8) is 0 Å². The molecule has 2 unspecified atom stereocenters. The summed E-state index contributed by atoms with van der Waals surface area (Å²) in [5.74, 6) is 1.73.